The molecule has 0 spiro atoms. The molecule has 1 fully saturated rings. The van der Waals surface area contributed by atoms with Gasteiger partial charge >= 0.3 is 0 Å². The third kappa shape index (κ3) is 3.81. The molecule has 7 nitrogen and oxygen atoms in total. The molecule has 0 unspecified atom stereocenters. The zero-order chi connectivity index (χ0) is 19.3. The summed E-state index contributed by atoms with van der Waals surface area (Å²) >= 11 is 0. The summed E-state index contributed by atoms with van der Waals surface area (Å²) < 4.78 is 5.80. The highest BCUT2D eigenvalue weighted by Gasteiger charge is 2.29. The number of nitrogens with zero attached hydrogens (tertiary/aromatic N) is 4. The van der Waals surface area contributed by atoms with Crippen LogP contribution in [0.25, 0.3) is 11.0 Å². The quantitative estimate of drug-likeness (QED) is 0.655. The number of H-pyrrole nitrogens is 1. The molecule has 1 aliphatic rings. The van der Waals surface area contributed by atoms with Gasteiger partial charge in [-0.2, -0.15) is 0 Å². The van der Waals surface area contributed by atoms with E-state index in [4.69, 9.17) is 4.74 Å². The number of hydrogen-bond donors (Lipinski definition) is 2. The second kappa shape index (κ2) is 8.58. The first kappa shape index (κ1) is 18.7. The molecule has 0 saturated carbocycles. The Hall–Kier alpha value is -2.64. The number of ether oxygens (including phenoxy) is 1. The second-order valence-corrected chi connectivity index (χ2v) is 7.06. The van der Waals surface area contributed by atoms with Gasteiger partial charge in [-0.15, -0.1) is 0 Å². The van der Waals surface area contributed by atoms with E-state index in [9.17, 15) is 5.11 Å². The molecule has 28 heavy (non-hydrogen) atoms. The number of anilines is 1. The zero-order valence-corrected chi connectivity index (χ0v) is 16.2. The maximum Gasteiger partial charge on any atom is 0.142 e. The van der Waals surface area contributed by atoms with Gasteiger partial charge in [-0.1, -0.05) is 18.2 Å². The Kier molecular flexibility index (Phi) is 5.73. The summed E-state index contributed by atoms with van der Waals surface area (Å²) in [5.41, 5.74) is 2.05. The highest BCUT2D eigenvalue weighted by Crippen LogP contribution is 2.27. The lowest BCUT2D eigenvalue weighted by Gasteiger charge is -2.42. The fourth-order valence-electron chi connectivity index (χ4n) is 3.98. The number of para-hydroxylation sites is 1. The number of fused-ring (bicyclic) bond motifs is 1. The third-order valence-corrected chi connectivity index (χ3v) is 5.35. The van der Waals surface area contributed by atoms with Crippen LogP contribution in [0.1, 0.15) is 18.9 Å². The molecule has 0 bridgehead atoms. The summed E-state index contributed by atoms with van der Waals surface area (Å²) in [5, 5.41) is 10.7. The van der Waals surface area contributed by atoms with Crippen molar-refractivity contribution in [2.45, 2.75) is 25.9 Å². The molecule has 1 saturated heterocycles. The van der Waals surface area contributed by atoms with Crippen molar-refractivity contribution in [2.75, 3.05) is 37.7 Å². The van der Waals surface area contributed by atoms with Crippen LogP contribution < -0.4 is 9.64 Å². The molecule has 2 N–H and O–H groups in total. The van der Waals surface area contributed by atoms with E-state index in [0.717, 1.165) is 55.2 Å². The van der Waals surface area contributed by atoms with Crippen molar-refractivity contribution >= 4 is 16.9 Å². The largest absolute Gasteiger partial charge is 0.494 e. The van der Waals surface area contributed by atoms with Crippen molar-refractivity contribution in [2.24, 2.45) is 0 Å². The number of aromatic nitrogens is 3. The Morgan fingerprint density at radius 3 is 2.96 bits per heavy atom. The molecule has 1 aliphatic heterocycles. The summed E-state index contributed by atoms with van der Waals surface area (Å²) in [7, 11) is 0. The summed E-state index contributed by atoms with van der Waals surface area (Å²) in [6, 6.07) is 10.5. The number of piperazine rings is 1. The van der Waals surface area contributed by atoms with E-state index in [2.05, 4.69) is 36.9 Å². The van der Waals surface area contributed by atoms with Gasteiger partial charge in [0, 0.05) is 50.6 Å². The van der Waals surface area contributed by atoms with E-state index >= 15 is 0 Å². The minimum Gasteiger partial charge on any atom is -0.494 e. The van der Waals surface area contributed by atoms with Gasteiger partial charge in [0.1, 0.15) is 23.5 Å². The summed E-state index contributed by atoms with van der Waals surface area (Å²) in [4.78, 5) is 16.7. The van der Waals surface area contributed by atoms with Crippen molar-refractivity contribution in [3.05, 3.63) is 48.4 Å². The number of aromatic amines is 1. The zero-order valence-electron chi connectivity index (χ0n) is 16.2. The van der Waals surface area contributed by atoms with Crippen LogP contribution in [-0.2, 0) is 6.54 Å². The number of benzene rings is 1. The highest BCUT2D eigenvalue weighted by molar-refractivity contribution is 5.87. The molecule has 3 heterocycles. The lowest BCUT2D eigenvalue weighted by atomic mass is 10.1. The first-order valence-electron chi connectivity index (χ1n) is 9.88. The van der Waals surface area contributed by atoms with E-state index in [1.165, 1.54) is 5.56 Å². The first-order valence-corrected chi connectivity index (χ1v) is 9.88. The van der Waals surface area contributed by atoms with Gasteiger partial charge < -0.3 is 19.7 Å². The Balaban J connectivity index is 1.53. The van der Waals surface area contributed by atoms with Crippen molar-refractivity contribution < 1.29 is 9.84 Å². The highest BCUT2D eigenvalue weighted by atomic mass is 16.5. The molecule has 1 atom stereocenters. The van der Waals surface area contributed by atoms with Gasteiger partial charge in [-0.3, -0.25) is 4.90 Å². The van der Waals surface area contributed by atoms with Crippen molar-refractivity contribution in [1.29, 1.82) is 0 Å². The predicted molar refractivity (Wildman–Crippen MR) is 110 cm³/mol. The predicted octanol–water partition coefficient (Wildman–Crippen LogP) is 2.43. The standard InChI is InChI=1S/C21H27N5O2/c1-2-28-19-6-4-3-5-16(19)13-25-10-11-26(14-17(25)8-12-27)21-18-7-9-22-20(18)23-15-24-21/h3-7,9,15,17,27H,2,8,10-14H2,1H3,(H,22,23,24)/t17-/m0/s1. The average Bonchev–Trinajstić information content (AvgIpc) is 3.20. The van der Waals surface area contributed by atoms with E-state index in [0.29, 0.717) is 6.61 Å². The normalized spacial score (nSPS) is 17.9. The Labute approximate surface area is 165 Å². The number of nitrogens with one attached hydrogen (secondary N) is 1. The van der Waals surface area contributed by atoms with Crippen LogP contribution >= 0.6 is 0 Å². The Bertz CT molecular complexity index is 912. The number of aliphatic hydroxyl groups excluding tert-OH is 1. The average molecular weight is 381 g/mol. The number of aliphatic hydroxyl groups is 1. The van der Waals surface area contributed by atoms with Crippen LogP contribution in [0.3, 0.4) is 0 Å². The minimum atomic E-state index is 0.172. The van der Waals surface area contributed by atoms with E-state index < -0.39 is 0 Å². The fraction of sp³-hybridized carbons (Fsp3) is 0.429. The molecule has 3 aromatic rings. The lowest BCUT2D eigenvalue weighted by Crippen LogP contribution is -2.53. The molecular weight excluding hydrogens is 354 g/mol. The van der Waals surface area contributed by atoms with Gasteiger partial charge in [-0.05, 0) is 25.5 Å². The molecule has 1 aromatic carbocycles. The maximum absolute atomic E-state index is 9.64. The number of hydrogen-bond acceptors (Lipinski definition) is 6. The van der Waals surface area contributed by atoms with Gasteiger partial charge in [0.25, 0.3) is 0 Å². The topological polar surface area (TPSA) is 77.5 Å². The molecule has 148 valence electrons. The maximum atomic E-state index is 9.64. The molecule has 0 aliphatic carbocycles. The molecule has 0 radical (unpaired) electrons. The van der Waals surface area contributed by atoms with Crippen LogP contribution in [0.4, 0.5) is 5.82 Å². The van der Waals surface area contributed by atoms with E-state index in [1.807, 2.05) is 31.3 Å². The van der Waals surface area contributed by atoms with Crippen molar-refractivity contribution in [3.63, 3.8) is 0 Å². The Morgan fingerprint density at radius 1 is 1.21 bits per heavy atom. The van der Waals surface area contributed by atoms with Crippen LogP contribution in [0, 0.1) is 0 Å². The molecular formula is C21H27N5O2. The SMILES string of the molecule is CCOc1ccccc1CN1CCN(c2ncnc3[nH]ccc23)C[C@@H]1CCO. The molecule has 0 amide bonds. The molecule has 2 aromatic heterocycles. The number of rotatable bonds is 7. The van der Waals surface area contributed by atoms with E-state index in [-0.39, 0.29) is 12.6 Å². The van der Waals surface area contributed by atoms with Gasteiger partial charge in [0.05, 0.1) is 12.0 Å². The molecule has 7 heteroatoms. The van der Waals surface area contributed by atoms with Gasteiger partial charge in [-0.25, -0.2) is 9.97 Å². The second-order valence-electron chi connectivity index (χ2n) is 7.06. The van der Waals surface area contributed by atoms with Crippen LogP contribution in [0.15, 0.2) is 42.9 Å². The van der Waals surface area contributed by atoms with Crippen molar-refractivity contribution in [3.8, 4) is 5.75 Å². The summed E-state index contributed by atoms with van der Waals surface area (Å²) in [6.45, 7) is 6.27. The van der Waals surface area contributed by atoms with Gasteiger partial charge in [0.15, 0.2) is 0 Å². The van der Waals surface area contributed by atoms with Crippen LogP contribution in [-0.4, -0.2) is 63.8 Å². The first-order chi connectivity index (χ1) is 13.8. The summed E-state index contributed by atoms with van der Waals surface area (Å²) in [5.74, 6) is 1.91. The minimum absolute atomic E-state index is 0.172. The molecule has 4 rings (SSSR count). The Morgan fingerprint density at radius 2 is 2.11 bits per heavy atom. The summed E-state index contributed by atoms with van der Waals surface area (Å²) in [6.07, 6.45) is 4.24. The van der Waals surface area contributed by atoms with Crippen LogP contribution in [0.2, 0.25) is 0 Å². The lowest BCUT2D eigenvalue weighted by molar-refractivity contribution is 0.134. The van der Waals surface area contributed by atoms with Gasteiger partial charge in [0.2, 0.25) is 0 Å². The monoisotopic (exact) mass is 381 g/mol. The third-order valence-electron chi connectivity index (χ3n) is 5.35. The van der Waals surface area contributed by atoms with Crippen LogP contribution in [0.5, 0.6) is 5.75 Å². The van der Waals surface area contributed by atoms with Crippen molar-refractivity contribution in [1.82, 2.24) is 19.9 Å². The van der Waals surface area contributed by atoms with E-state index in [1.54, 1.807) is 6.33 Å². The fourth-order valence-corrected chi connectivity index (χ4v) is 3.98. The smallest absolute Gasteiger partial charge is 0.142 e.